The molecule has 132 valence electrons. The third-order valence-electron chi connectivity index (χ3n) is 5.85. The van der Waals surface area contributed by atoms with Crippen molar-refractivity contribution >= 4 is 22.9 Å². The highest BCUT2D eigenvalue weighted by molar-refractivity contribution is 6.08. The molecule has 2 unspecified atom stereocenters. The smallest absolute Gasteiger partial charge is 0.415 e. The van der Waals surface area contributed by atoms with Crippen molar-refractivity contribution < 1.29 is 14.7 Å². The van der Waals surface area contributed by atoms with Crippen LogP contribution in [0.5, 0.6) is 0 Å². The highest BCUT2D eigenvalue weighted by Crippen LogP contribution is 2.52. The lowest BCUT2D eigenvalue weighted by Gasteiger charge is -2.39. The highest BCUT2D eigenvalue weighted by Gasteiger charge is 2.51. The van der Waals surface area contributed by atoms with E-state index in [1.165, 1.54) is 10.8 Å². The van der Waals surface area contributed by atoms with Crippen LogP contribution in [0.2, 0.25) is 0 Å². The normalized spacial score (nSPS) is 27.6. The Morgan fingerprint density at radius 1 is 1.16 bits per heavy atom. The Kier molecular flexibility index (Phi) is 3.30. The first kappa shape index (κ1) is 16.2. The molecule has 2 aromatic rings. The van der Waals surface area contributed by atoms with Gasteiger partial charge < -0.3 is 10.0 Å². The Labute approximate surface area is 147 Å². The zero-order valence-corrected chi connectivity index (χ0v) is 15.0. The molecular weight excluding hydrogens is 316 g/mol. The van der Waals surface area contributed by atoms with E-state index in [0.29, 0.717) is 16.5 Å². The number of fused-ring (bicyclic) bond motifs is 3. The average Bonchev–Trinajstić information content (AvgIpc) is 3.03. The Balaban J connectivity index is 1.73. The van der Waals surface area contributed by atoms with Gasteiger partial charge in [0.2, 0.25) is 0 Å². The molecule has 5 nitrogen and oxygen atoms in total. The number of likely N-dealkylation sites (tertiary alicyclic amines) is 1. The summed E-state index contributed by atoms with van der Waals surface area (Å²) in [5.74, 6) is 0.0279. The number of hydrogen-bond donors (Lipinski definition) is 1. The lowest BCUT2D eigenvalue weighted by Crippen LogP contribution is -2.37. The Hall–Kier alpha value is -2.30. The van der Waals surface area contributed by atoms with Gasteiger partial charge in [0.1, 0.15) is 0 Å². The van der Waals surface area contributed by atoms with E-state index in [-0.39, 0.29) is 22.8 Å². The first-order valence-corrected chi connectivity index (χ1v) is 8.84. The average molecular weight is 340 g/mol. The van der Waals surface area contributed by atoms with Crippen molar-refractivity contribution in [2.75, 3.05) is 6.54 Å². The molecule has 0 radical (unpaired) electrons. The summed E-state index contributed by atoms with van der Waals surface area (Å²) in [6.45, 7) is 7.66. The minimum absolute atomic E-state index is 0.0279. The van der Waals surface area contributed by atoms with Crippen molar-refractivity contribution in [3.8, 4) is 0 Å². The van der Waals surface area contributed by atoms with Gasteiger partial charge in [-0.1, -0.05) is 26.8 Å². The first-order valence-electron chi connectivity index (χ1n) is 8.84. The van der Waals surface area contributed by atoms with Gasteiger partial charge in [-0.3, -0.25) is 9.36 Å². The third kappa shape index (κ3) is 2.53. The molecule has 0 spiro atoms. The molecule has 1 aromatic heterocycles. The lowest BCUT2D eigenvalue weighted by atomic mass is 9.65. The quantitative estimate of drug-likeness (QED) is 0.846. The van der Waals surface area contributed by atoms with E-state index >= 15 is 0 Å². The Bertz CT molecular complexity index is 882. The van der Waals surface area contributed by atoms with Gasteiger partial charge in [-0.2, -0.15) is 0 Å². The van der Waals surface area contributed by atoms with E-state index in [0.717, 1.165) is 25.8 Å². The minimum atomic E-state index is -1.04. The van der Waals surface area contributed by atoms with Crippen LogP contribution < -0.4 is 0 Å². The summed E-state index contributed by atoms with van der Waals surface area (Å²) in [7, 11) is 0. The predicted molar refractivity (Wildman–Crippen MR) is 95.9 cm³/mol. The fourth-order valence-electron chi connectivity index (χ4n) is 5.37. The molecule has 1 amide bonds. The van der Waals surface area contributed by atoms with Gasteiger partial charge in [-0.25, -0.2) is 4.79 Å². The van der Waals surface area contributed by atoms with E-state index in [9.17, 15) is 14.7 Å². The van der Waals surface area contributed by atoms with Crippen molar-refractivity contribution in [3.63, 3.8) is 0 Å². The largest absolute Gasteiger partial charge is 0.464 e. The van der Waals surface area contributed by atoms with Crippen LogP contribution in [0.1, 0.15) is 50.4 Å². The van der Waals surface area contributed by atoms with Crippen LogP contribution in [-0.4, -0.2) is 39.2 Å². The Morgan fingerprint density at radius 3 is 2.64 bits per heavy atom. The maximum Gasteiger partial charge on any atom is 0.415 e. The molecule has 25 heavy (non-hydrogen) atoms. The summed E-state index contributed by atoms with van der Waals surface area (Å²) in [6, 6.07) is 7.32. The molecule has 2 aliphatic rings. The first-order chi connectivity index (χ1) is 11.7. The van der Waals surface area contributed by atoms with Gasteiger partial charge in [0.25, 0.3) is 5.91 Å². The minimum Gasteiger partial charge on any atom is -0.464 e. The van der Waals surface area contributed by atoms with Gasteiger partial charge in [-0.15, -0.1) is 0 Å². The van der Waals surface area contributed by atoms with Crippen LogP contribution in [-0.2, 0) is 0 Å². The molecule has 1 saturated heterocycles. The molecule has 2 bridgehead atoms. The second-order valence-electron chi connectivity index (χ2n) is 8.85. The van der Waals surface area contributed by atoms with Crippen molar-refractivity contribution in [2.45, 2.75) is 46.1 Å². The van der Waals surface area contributed by atoms with Crippen LogP contribution in [0.25, 0.3) is 10.9 Å². The number of carboxylic acid groups (broad SMARTS) is 1. The molecule has 2 heterocycles. The number of carbonyl (C=O) groups is 2. The number of nitrogens with zero attached hydrogens (tertiary/aromatic N) is 2. The summed E-state index contributed by atoms with van der Waals surface area (Å²) >= 11 is 0. The molecule has 1 aromatic carbocycles. The molecule has 5 heteroatoms. The van der Waals surface area contributed by atoms with Gasteiger partial charge in [0.15, 0.2) is 0 Å². The molecule has 1 aliphatic carbocycles. The monoisotopic (exact) mass is 340 g/mol. The molecule has 2 atom stereocenters. The summed E-state index contributed by atoms with van der Waals surface area (Å²) in [6.07, 6.45) is 3.71. The van der Waals surface area contributed by atoms with Crippen LogP contribution in [0, 0.1) is 10.8 Å². The van der Waals surface area contributed by atoms with E-state index < -0.39 is 6.09 Å². The molecular formula is C20H24N2O3. The summed E-state index contributed by atoms with van der Waals surface area (Å²) in [5, 5.41) is 10.0. The molecule has 1 saturated carbocycles. The van der Waals surface area contributed by atoms with Crippen LogP contribution in [0.3, 0.4) is 0 Å². The zero-order valence-electron chi connectivity index (χ0n) is 15.0. The summed E-state index contributed by atoms with van der Waals surface area (Å²) in [5.41, 5.74) is 1.60. The SMILES string of the molecule is CC1(C)CC2CC(C)(CN2C(=O)c2cccc3c2ccn3C(=O)O)C1. The molecule has 2 fully saturated rings. The van der Waals surface area contributed by atoms with Crippen molar-refractivity contribution in [1.82, 2.24) is 9.47 Å². The van der Waals surface area contributed by atoms with Gasteiger partial charge in [-0.05, 0) is 48.3 Å². The second kappa shape index (κ2) is 5.10. The van der Waals surface area contributed by atoms with E-state index in [4.69, 9.17) is 0 Å². The zero-order chi connectivity index (χ0) is 18.0. The van der Waals surface area contributed by atoms with Crippen molar-refractivity contribution in [3.05, 3.63) is 36.0 Å². The number of benzene rings is 1. The van der Waals surface area contributed by atoms with Gasteiger partial charge in [0.05, 0.1) is 5.52 Å². The molecule has 1 aliphatic heterocycles. The number of hydrogen-bond acceptors (Lipinski definition) is 2. The maximum atomic E-state index is 13.3. The topological polar surface area (TPSA) is 62.5 Å². The van der Waals surface area contributed by atoms with Gasteiger partial charge in [0, 0.05) is 29.7 Å². The van der Waals surface area contributed by atoms with Crippen molar-refractivity contribution in [2.24, 2.45) is 10.8 Å². The standard InChI is InChI=1S/C20H24N2O3/c1-19(2)9-13-10-20(3,11-19)12-22(13)17(23)15-5-4-6-16-14(15)7-8-21(16)18(24)25/h4-8,13H,9-12H2,1-3H3,(H,24,25). The number of aromatic nitrogens is 1. The third-order valence-corrected chi connectivity index (χ3v) is 5.85. The predicted octanol–water partition coefficient (Wildman–Crippen LogP) is 4.21. The summed E-state index contributed by atoms with van der Waals surface area (Å²) in [4.78, 5) is 26.7. The number of amides is 1. The van der Waals surface area contributed by atoms with E-state index in [2.05, 4.69) is 20.8 Å². The maximum absolute atomic E-state index is 13.3. The fraction of sp³-hybridized carbons (Fsp3) is 0.500. The van der Waals surface area contributed by atoms with Crippen LogP contribution >= 0.6 is 0 Å². The number of rotatable bonds is 1. The Morgan fingerprint density at radius 2 is 1.92 bits per heavy atom. The molecule has 4 rings (SSSR count). The van der Waals surface area contributed by atoms with E-state index in [1.807, 2.05) is 11.0 Å². The lowest BCUT2D eigenvalue weighted by molar-refractivity contribution is 0.0710. The van der Waals surface area contributed by atoms with Crippen LogP contribution in [0.15, 0.2) is 30.5 Å². The van der Waals surface area contributed by atoms with Crippen LogP contribution in [0.4, 0.5) is 4.79 Å². The highest BCUT2D eigenvalue weighted by atomic mass is 16.4. The summed E-state index contributed by atoms with van der Waals surface area (Å²) < 4.78 is 1.17. The van der Waals surface area contributed by atoms with Gasteiger partial charge >= 0.3 is 6.09 Å². The number of carbonyl (C=O) groups excluding carboxylic acids is 1. The van der Waals surface area contributed by atoms with Crippen molar-refractivity contribution in [1.29, 1.82) is 0 Å². The molecule has 1 N–H and O–H groups in total. The van der Waals surface area contributed by atoms with E-state index in [1.54, 1.807) is 18.2 Å². The fourth-order valence-corrected chi connectivity index (χ4v) is 5.37. The second-order valence-corrected chi connectivity index (χ2v) is 8.85.